The molecule has 2 bridgehead atoms. The molecule has 3 heterocycles. The Morgan fingerprint density at radius 3 is 2.79 bits per heavy atom. The van der Waals surface area contributed by atoms with Gasteiger partial charge in [0.25, 0.3) is 0 Å². The molecule has 0 spiro atoms. The molecular formula is C14H21N3O2. The summed E-state index contributed by atoms with van der Waals surface area (Å²) in [6, 6.07) is 0.955. The van der Waals surface area contributed by atoms with Crippen molar-refractivity contribution in [3.8, 4) is 0 Å². The molecule has 2 fully saturated rings. The number of hydrogen-bond acceptors (Lipinski definition) is 4. The molecule has 2 aliphatic rings. The smallest absolute Gasteiger partial charge is 0.227 e. The van der Waals surface area contributed by atoms with Crippen molar-refractivity contribution in [1.82, 2.24) is 15.4 Å². The summed E-state index contributed by atoms with van der Waals surface area (Å²) in [5.74, 6) is 1.21. The van der Waals surface area contributed by atoms with E-state index in [4.69, 9.17) is 4.52 Å². The summed E-state index contributed by atoms with van der Waals surface area (Å²) in [5, 5.41) is 7.46. The number of nitrogens with zero attached hydrogens (tertiary/aromatic N) is 2. The Kier molecular flexibility index (Phi) is 3.09. The van der Waals surface area contributed by atoms with Crippen molar-refractivity contribution in [1.29, 1.82) is 0 Å². The minimum Gasteiger partial charge on any atom is -0.361 e. The van der Waals surface area contributed by atoms with E-state index in [1.54, 1.807) is 0 Å². The quantitative estimate of drug-likeness (QED) is 0.895. The third kappa shape index (κ3) is 2.16. The number of amides is 1. The normalized spacial score (nSPS) is 28.9. The van der Waals surface area contributed by atoms with Crippen LogP contribution in [-0.4, -0.2) is 35.1 Å². The molecule has 3 rings (SSSR count). The molecule has 0 saturated carbocycles. The summed E-state index contributed by atoms with van der Waals surface area (Å²) in [6.07, 6.45) is 3.36. The molecule has 1 N–H and O–H groups in total. The van der Waals surface area contributed by atoms with Crippen molar-refractivity contribution in [2.45, 2.75) is 51.7 Å². The standard InChI is InChI=1S/C14H21N3O2/c1-8-12(9(2)19-16-8)7-17(3)14(18)11-6-10-4-5-13(11)15-10/h10-11,13,15H,4-7H2,1-3H3. The van der Waals surface area contributed by atoms with E-state index >= 15 is 0 Å². The molecule has 1 aromatic rings. The molecule has 0 radical (unpaired) electrons. The van der Waals surface area contributed by atoms with Gasteiger partial charge in [-0.3, -0.25) is 4.79 Å². The molecule has 0 aliphatic carbocycles. The molecular weight excluding hydrogens is 242 g/mol. The summed E-state index contributed by atoms with van der Waals surface area (Å²) in [7, 11) is 1.88. The van der Waals surface area contributed by atoms with Crippen LogP contribution in [0.2, 0.25) is 0 Å². The fraction of sp³-hybridized carbons (Fsp3) is 0.714. The average molecular weight is 263 g/mol. The highest BCUT2D eigenvalue weighted by Crippen LogP contribution is 2.34. The highest BCUT2D eigenvalue weighted by molar-refractivity contribution is 5.80. The second kappa shape index (κ2) is 4.63. The number of rotatable bonds is 3. The monoisotopic (exact) mass is 263 g/mol. The van der Waals surface area contributed by atoms with E-state index in [2.05, 4.69) is 10.5 Å². The molecule has 2 aliphatic heterocycles. The molecule has 5 nitrogen and oxygen atoms in total. The lowest BCUT2D eigenvalue weighted by atomic mass is 9.88. The van der Waals surface area contributed by atoms with Gasteiger partial charge in [-0.2, -0.15) is 0 Å². The van der Waals surface area contributed by atoms with Gasteiger partial charge in [0.15, 0.2) is 0 Å². The van der Waals surface area contributed by atoms with Crippen LogP contribution in [0, 0.1) is 19.8 Å². The largest absolute Gasteiger partial charge is 0.361 e. The maximum Gasteiger partial charge on any atom is 0.227 e. The fourth-order valence-electron chi connectivity index (χ4n) is 3.42. The summed E-state index contributed by atoms with van der Waals surface area (Å²) in [4.78, 5) is 14.3. The van der Waals surface area contributed by atoms with Gasteiger partial charge >= 0.3 is 0 Å². The highest BCUT2D eigenvalue weighted by Gasteiger charge is 2.43. The fourth-order valence-corrected chi connectivity index (χ4v) is 3.42. The van der Waals surface area contributed by atoms with Crippen LogP contribution in [-0.2, 0) is 11.3 Å². The lowest BCUT2D eigenvalue weighted by Gasteiger charge is -2.25. The van der Waals surface area contributed by atoms with E-state index in [1.165, 1.54) is 6.42 Å². The third-order valence-corrected chi connectivity index (χ3v) is 4.57. The maximum atomic E-state index is 12.5. The van der Waals surface area contributed by atoms with Crippen molar-refractivity contribution in [2.75, 3.05) is 7.05 Å². The van der Waals surface area contributed by atoms with Crippen LogP contribution in [0.25, 0.3) is 0 Å². The summed E-state index contributed by atoms with van der Waals surface area (Å²) in [5.41, 5.74) is 1.91. The summed E-state index contributed by atoms with van der Waals surface area (Å²) in [6.45, 7) is 4.41. The van der Waals surface area contributed by atoms with Gasteiger partial charge in [-0.15, -0.1) is 0 Å². The number of aryl methyl sites for hydroxylation is 2. The first-order chi connectivity index (χ1) is 9.06. The zero-order valence-electron chi connectivity index (χ0n) is 11.8. The maximum absolute atomic E-state index is 12.5. The minimum absolute atomic E-state index is 0.157. The lowest BCUT2D eigenvalue weighted by molar-refractivity contribution is -0.135. The van der Waals surface area contributed by atoms with Gasteiger partial charge in [-0.1, -0.05) is 5.16 Å². The highest BCUT2D eigenvalue weighted by atomic mass is 16.5. The first kappa shape index (κ1) is 12.7. The number of nitrogens with one attached hydrogen (secondary N) is 1. The van der Waals surface area contributed by atoms with Crippen LogP contribution in [0.1, 0.15) is 36.3 Å². The second-order valence-corrected chi connectivity index (χ2v) is 5.89. The summed E-state index contributed by atoms with van der Waals surface area (Å²) < 4.78 is 5.15. The van der Waals surface area contributed by atoms with E-state index in [0.29, 0.717) is 18.6 Å². The van der Waals surface area contributed by atoms with Gasteiger partial charge < -0.3 is 14.7 Å². The third-order valence-electron chi connectivity index (χ3n) is 4.57. The molecule has 3 unspecified atom stereocenters. The van der Waals surface area contributed by atoms with Crippen LogP contribution in [0.15, 0.2) is 4.52 Å². The first-order valence-electron chi connectivity index (χ1n) is 6.99. The molecule has 19 heavy (non-hydrogen) atoms. The molecule has 1 amide bonds. The molecule has 1 aromatic heterocycles. The van der Waals surface area contributed by atoms with Crippen molar-refractivity contribution in [3.05, 3.63) is 17.0 Å². The van der Waals surface area contributed by atoms with Crippen LogP contribution in [0.4, 0.5) is 0 Å². The lowest BCUT2D eigenvalue weighted by Crippen LogP contribution is -2.38. The van der Waals surface area contributed by atoms with Crippen molar-refractivity contribution >= 4 is 5.91 Å². The number of carbonyl (C=O) groups excluding carboxylic acids is 1. The Hall–Kier alpha value is -1.36. The van der Waals surface area contributed by atoms with Gasteiger partial charge in [-0.05, 0) is 33.1 Å². The Morgan fingerprint density at radius 1 is 1.47 bits per heavy atom. The molecule has 5 heteroatoms. The van der Waals surface area contributed by atoms with E-state index in [1.807, 2.05) is 25.8 Å². The minimum atomic E-state index is 0.157. The Morgan fingerprint density at radius 2 is 2.26 bits per heavy atom. The van der Waals surface area contributed by atoms with Crippen LogP contribution in [0.5, 0.6) is 0 Å². The average Bonchev–Trinajstić information content (AvgIpc) is 3.09. The molecule has 0 aromatic carbocycles. The zero-order chi connectivity index (χ0) is 13.6. The number of fused-ring (bicyclic) bond motifs is 2. The predicted molar refractivity (Wildman–Crippen MR) is 70.5 cm³/mol. The van der Waals surface area contributed by atoms with Gasteiger partial charge in [0, 0.05) is 24.7 Å². The van der Waals surface area contributed by atoms with Crippen LogP contribution < -0.4 is 5.32 Å². The van der Waals surface area contributed by atoms with Crippen molar-refractivity contribution in [2.24, 2.45) is 5.92 Å². The van der Waals surface area contributed by atoms with Crippen LogP contribution in [0.3, 0.4) is 0 Å². The van der Waals surface area contributed by atoms with Gasteiger partial charge in [0.05, 0.1) is 18.2 Å². The predicted octanol–water partition coefficient (Wildman–Crippen LogP) is 1.39. The van der Waals surface area contributed by atoms with Gasteiger partial charge in [-0.25, -0.2) is 0 Å². The molecule has 104 valence electrons. The van der Waals surface area contributed by atoms with Crippen molar-refractivity contribution < 1.29 is 9.32 Å². The van der Waals surface area contributed by atoms with Gasteiger partial charge in [0.1, 0.15) is 5.76 Å². The van der Waals surface area contributed by atoms with E-state index in [9.17, 15) is 4.79 Å². The topological polar surface area (TPSA) is 58.4 Å². The number of carbonyl (C=O) groups is 1. The van der Waals surface area contributed by atoms with E-state index < -0.39 is 0 Å². The van der Waals surface area contributed by atoms with Crippen molar-refractivity contribution in [3.63, 3.8) is 0 Å². The number of hydrogen-bond donors (Lipinski definition) is 1. The molecule has 2 saturated heterocycles. The Labute approximate surface area is 113 Å². The zero-order valence-corrected chi connectivity index (χ0v) is 11.8. The van der Waals surface area contributed by atoms with E-state index in [0.717, 1.165) is 29.9 Å². The Balaban J connectivity index is 1.67. The molecule has 3 atom stereocenters. The second-order valence-electron chi connectivity index (χ2n) is 5.89. The SMILES string of the molecule is Cc1noc(C)c1CN(C)C(=O)C1CC2CCC1N2. The van der Waals surface area contributed by atoms with E-state index in [-0.39, 0.29) is 11.8 Å². The van der Waals surface area contributed by atoms with Crippen LogP contribution >= 0.6 is 0 Å². The Bertz CT molecular complexity index is 477. The number of aromatic nitrogens is 1. The summed E-state index contributed by atoms with van der Waals surface area (Å²) >= 11 is 0. The first-order valence-corrected chi connectivity index (χ1v) is 6.99. The van der Waals surface area contributed by atoms with Gasteiger partial charge in [0.2, 0.25) is 5.91 Å².